The maximum absolute atomic E-state index is 12.2. The number of aryl methyl sites for hydroxylation is 1. The van der Waals surface area contributed by atoms with E-state index in [1.54, 1.807) is 0 Å². The highest BCUT2D eigenvalue weighted by Crippen LogP contribution is 2.28. The summed E-state index contributed by atoms with van der Waals surface area (Å²) in [7, 11) is 0. The molecule has 16 heavy (non-hydrogen) atoms. The van der Waals surface area contributed by atoms with E-state index in [4.69, 9.17) is 0 Å². The quantitative estimate of drug-likeness (QED) is 0.852. The van der Waals surface area contributed by atoms with Crippen LogP contribution in [0, 0.1) is 0 Å². The highest BCUT2D eigenvalue weighted by atomic mass is 19.4. The molecule has 0 fully saturated rings. The van der Waals surface area contributed by atoms with E-state index in [0.717, 1.165) is 12.4 Å². The number of hydrogen-bond donors (Lipinski definition) is 1. The Balaban J connectivity index is 2.41. The molecule has 0 aliphatic heterocycles. The average Bonchev–Trinajstić information content (AvgIpc) is 2.65. The number of rotatable bonds is 5. The zero-order chi connectivity index (χ0) is 12.2. The van der Waals surface area contributed by atoms with Gasteiger partial charge in [-0.1, -0.05) is 6.92 Å². The molecule has 0 aliphatic carbocycles. The predicted molar refractivity (Wildman–Crippen MR) is 52.8 cm³/mol. The fourth-order valence-corrected chi connectivity index (χ4v) is 1.33. The van der Waals surface area contributed by atoms with E-state index in [9.17, 15) is 18.3 Å². The zero-order valence-corrected chi connectivity index (χ0v) is 9.04. The van der Waals surface area contributed by atoms with Gasteiger partial charge in [-0.05, 0) is 19.3 Å². The first-order valence-electron chi connectivity index (χ1n) is 5.21. The second kappa shape index (κ2) is 5.34. The molecule has 1 heterocycles. The topological polar surface area (TPSA) is 38.0 Å². The van der Waals surface area contributed by atoms with E-state index in [1.807, 2.05) is 6.92 Å². The lowest BCUT2D eigenvalue weighted by atomic mass is 10.1. The summed E-state index contributed by atoms with van der Waals surface area (Å²) in [6, 6.07) is 0. The maximum atomic E-state index is 12.2. The lowest BCUT2D eigenvalue weighted by Gasteiger charge is -2.06. The Labute approximate surface area is 91.9 Å². The largest absolute Gasteiger partial charge is 0.419 e. The molecule has 0 aromatic carbocycles. The smallest absolute Gasteiger partial charge is 0.393 e. The molecule has 3 nitrogen and oxygen atoms in total. The summed E-state index contributed by atoms with van der Waals surface area (Å²) < 4.78 is 37.9. The highest BCUT2D eigenvalue weighted by molar-refractivity contribution is 5.08. The number of aliphatic hydroxyl groups is 1. The summed E-state index contributed by atoms with van der Waals surface area (Å²) in [6.07, 6.45) is -1.05. The van der Waals surface area contributed by atoms with Crippen LogP contribution in [-0.2, 0) is 12.7 Å². The van der Waals surface area contributed by atoms with E-state index in [2.05, 4.69) is 5.10 Å². The molecular formula is C10H15F3N2O. The van der Waals surface area contributed by atoms with Gasteiger partial charge in [-0.2, -0.15) is 18.3 Å². The molecule has 0 saturated heterocycles. The van der Waals surface area contributed by atoms with Crippen molar-refractivity contribution in [2.24, 2.45) is 0 Å². The maximum Gasteiger partial charge on any atom is 0.419 e. The molecule has 0 saturated carbocycles. The van der Waals surface area contributed by atoms with Crippen LogP contribution in [0.15, 0.2) is 12.4 Å². The number of hydrogen-bond acceptors (Lipinski definition) is 2. The van der Waals surface area contributed by atoms with Crippen molar-refractivity contribution in [1.29, 1.82) is 0 Å². The summed E-state index contributed by atoms with van der Waals surface area (Å²) >= 11 is 0. The molecule has 1 N–H and O–H groups in total. The van der Waals surface area contributed by atoms with Crippen LogP contribution in [0.5, 0.6) is 0 Å². The van der Waals surface area contributed by atoms with Gasteiger partial charge in [0.25, 0.3) is 0 Å². The van der Waals surface area contributed by atoms with Crippen LogP contribution < -0.4 is 0 Å². The average molecular weight is 236 g/mol. The van der Waals surface area contributed by atoms with E-state index in [0.29, 0.717) is 25.8 Å². The Morgan fingerprint density at radius 1 is 1.50 bits per heavy atom. The number of aromatic nitrogens is 2. The second-order valence-corrected chi connectivity index (χ2v) is 3.69. The molecule has 0 radical (unpaired) electrons. The minimum atomic E-state index is -4.33. The van der Waals surface area contributed by atoms with Crippen molar-refractivity contribution >= 4 is 0 Å². The number of aliphatic hydroxyl groups excluding tert-OH is 1. The number of alkyl halides is 3. The third-order valence-corrected chi connectivity index (χ3v) is 2.36. The molecular weight excluding hydrogens is 221 g/mol. The molecule has 6 heteroatoms. The van der Waals surface area contributed by atoms with Gasteiger partial charge in [-0.25, -0.2) is 0 Å². The van der Waals surface area contributed by atoms with Gasteiger partial charge in [0.15, 0.2) is 0 Å². The minimum Gasteiger partial charge on any atom is -0.393 e. The summed E-state index contributed by atoms with van der Waals surface area (Å²) in [6.45, 7) is 2.26. The van der Waals surface area contributed by atoms with Gasteiger partial charge >= 0.3 is 6.18 Å². The van der Waals surface area contributed by atoms with Crippen molar-refractivity contribution in [2.75, 3.05) is 0 Å². The van der Waals surface area contributed by atoms with Gasteiger partial charge in [0, 0.05) is 12.7 Å². The Morgan fingerprint density at radius 2 is 2.19 bits per heavy atom. The van der Waals surface area contributed by atoms with E-state index in [-0.39, 0.29) is 6.10 Å². The molecule has 1 aromatic rings. The minimum absolute atomic E-state index is 0.377. The van der Waals surface area contributed by atoms with Crippen molar-refractivity contribution in [3.8, 4) is 0 Å². The molecule has 0 spiro atoms. The lowest BCUT2D eigenvalue weighted by molar-refractivity contribution is -0.137. The van der Waals surface area contributed by atoms with E-state index >= 15 is 0 Å². The SMILES string of the molecule is CCC(O)CCCn1cc(C(F)(F)F)cn1. The van der Waals surface area contributed by atoms with Gasteiger partial charge in [-0.15, -0.1) is 0 Å². The first-order valence-corrected chi connectivity index (χ1v) is 5.21. The summed E-state index contributed by atoms with van der Waals surface area (Å²) in [5, 5.41) is 12.9. The van der Waals surface area contributed by atoms with Crippen LogP contribution >= 0.6 is 0 Å². The lowest BCUT2D eigenvalue weighted by Crippen LogP contribution is -2.07. The van der Waals surface area contributed by atoms with Crippen molar-refractivity contribution in [1.82, 2.24) is 9.78 Å². The first kappa shape index (κ1) is 13.0. The fourth-order valence-electron chi connectivity index (χ4n) is 1.33. The third kappa shape index (κ3) is 3.84. The molecule has 92 valence electrons. The van der Waals surface area contributed by atoms with Gasteiger partial charge < -0.3 is 5.11 Å². The standard InChI is InChI=1S/C10H15F3N2O/c1-2-9(16)4-3-5-15-7-8(6-14-15)10(11,12)13/h6-7,9,16H,2-5H2,1H3. The predicted octanol–water partition coefficient (Wildman–Crippen LogP) is 2.45. The molecule has 0 amide bonds. The fraction of sp³-hybridized carbons (Fsp3) is 0.700. The molecule has 1 atom stereocenters. The van der Waals surface area contributed by atoms with Crippen molar-refractivity contribution in [3.05, 3.63) is 18.0 Å². The van der Waals surface area contributed by atoms with Crippen LogP contribution in [0.25, 0.3) is 0 Å². The van der Waals surface area contributed by atoms with E-state index < -0.39 is 11.7 Å². The molecule has 0 aliphatic rings. The highest BCUT2D eigenvalue weighted by Gasteiger charge is 2.32. The van der Waals surface area contributed by atoms with Gasteiger partial charge in [0.05, 0.1) is 17.9 Å². The molecule has 1 unspecified atom stereocenters. The normalized spacial score (nSPS) is 14.1. The Morgan fingerprint density at radius 3 is 2.69 bits per heavy atom. The Kier molecular flexibility index (Phi) is 4.35. The van der Waals surface area contributed by atoms with Gasteiger partial charge in [0.1, 0.15) is 0 Å². The van der Waals surface area contributed by atoms with Crippen LogP contribution in [-0.4, -0.2) is 21.0 Å². The van der Waals surface area contributed by atoms with Crippen LogP contribution in [0.2, 0.25) is 0 Å². The van der Waals surface area contributed by atoms with Crippen molar-refractivity contribution < 1.29 is 18.3 Å². The number of nitrogens with zero attached hydrogens (tertiary/aromatic N) is 2. The second-order valence-electron chi connectivity index (χ2n) is 3.69. The summed E-state index contributed by atoms with van der Waals surface area (Å²) in [5.41, 5.74) is -0.733. The Bertz CT molecular complexity index is 322. The third-order valence-electron chi connectivity index (χ3n) is 2.36. The first-order chi connectivity index (χ1) is 7.43. The molecule has 1 aromatic heterocycles. The Hall–Kier alpha value is -1.04. The summed E-state index contributed by atoms with van der Waals surface area (Å²) in [4.78, 5) is 0. The molecule has 1 rings (SSSR count). The van der Waals surface area contributed by atoms with Gasteiger partial charge in [-0.3, -0.25) is 4.68 Å². The van der Waals surface area contributed by atoms with Crippen LogP contribution in [0.1, 0.15) is 31.7 Å². The van der Waals surface area contributed by atoms with Crippen molar-refractivity contribution in [2.45, 2.75) is 45.0 Å². The van der Waals surface area contributed by atoms with E-state index in [1.165, 1.54) is 4.68 Å². The van der Waals surface area contributed by atoms with Crippen LogP contribution in [0.3, 0.4) is 0 Å². The molecule has 0 bridgehead atoms. The van der Waals surface area contributed by atoms with Crippen molar-refractivity contribution in [3.63, 3.8) is 0 Å². The van der Waals surface area contributed by atoms with Crippen LogP contribution in [0.4, 0.5) is 13.2 Å². The number of halogens is 3. The summed E-state index contributed by atoms with van der Waals surface area (Å²) in [5.74, 6) is 0. The zero-order valence-electron chi connectivity index (χ0n) is 9.04. The van der Waals surface area contributed by atoms with Gasteiger partial charge in [0.2, 0.25) is 0 Å². The monoisotopic (exact) mass is 236 g/mol.